The summed E-state index contributed by atoms with van der Waals surface area (Å²) in [6.07, 6.45) is -1.03. The van der Waals surface area contributed by atoms with Crippen LogP contribution in [0.15, 0.2) is 29.1 Å². The molecule has 2 rings (SSSR count). The number of hydrogen-bond donors (Lipinski definition) is 3. The van der Waals surface area contributed by atoms with Crippen molar-refractivity contribution in [3.05, 3.63) is 40.4 Å². The Balaban J connectivity index is 1.93. The zero-order valence-electron chi connectivity index (χ0n) is 13.8. The molecular formula is C16H18N4O5. The molecule has 1 atom stereocenters. The highest BCUT2D eigenvalue weighted by molar-refractivity contribution is 5.97. The van der Waals surface area contributed by atoms with Gasteiger partial charge in [0.2, 0.25) is 0 Å². The molecular weight excluding hydrogens is 328 g/mol. The summed E-state index contributed by atoms with van der Waals surface area (Å²) >= 11 is 0. The third-order valence-corrected chi connectivity index (χ3v) is 3.37. The number of benzene rings is 1. The van der Waals surface area contributed by atoms with Crippen LogP contribution in [0, 0.1) is 0 Å². The number of nitrogens with zero attached hydrogens (tertiary/aromatic N) is 1. The van der Waals surface area contributed by atoms with Gasteiger partial charge in [0.05, 0.1) is 17.3 Å². The first-order valence-electron chi connectivity index (χ1n) is 7.60. The quantitative estimate of drug-likeness (QED) is 0.665. The van der Waals surface area contributed by atoms with Crippen molar-refractivity contribution in [2.24, 2.45) is 0 Å². The second kappa shape index (κ2) is 8.04. The molecule has 0 radical (unpaired) electrons. The summed E-state index contributed by atoms with van der Waals surface area (Å²) in [6, 6.07) is 6.18. The van der Waals surface area contributed by atoms with Gasteiger partial charge in [0.1, 0.15) is 5.82 Å². The number of imide groups is 1. The summed E-state index contributed by atoms with van der Waals surface area (Å²) in [7, 11) is 1.36. The zero-order chi connectivity index (χ0) is 18.4. The number of aromatic nitrogens is 2. The van der Waals surface area contributed by atoms with Crippen LogP contribution in [-0.4, -0.2) is 41.0 Å². The van der Waals surface area contributed by atoms with Gasteiger partial charge in [0, 0.05) is 13.5 Å². The topological polar surface area (TPSA) is 130 Å². The number of para-hydroxylation sites is 1. The minimum absolute atomic E-state index is 0.0706. The maximum atomic E-state index is 11.9. The van der Waals surface area contributed by atoms with E-state index in [0.717, 1.165) is 0 Å². The molecule has 9 nitrogen and oxygen atoms in total. The smallest absolute Gasteiger partial charge is 0.321 e. The Bertz CT molecular complexity index is 861. The summed E-state index contributed by atoms with van der Waals surface area (Å²) in [5.74, 6) is -1.02. The first kappa shape index (κ1) is 18.1. The highest BCUT2D eigenvalue weighted by Crippen LogP contribution is 2.07. The van der Waals surface area contributed by atoms with E-state index >= 15 is 0 Å². The van der Waals surface area contributed by atoms with Gasteiger partial charge < -0.3 is 15.0 Å². The largest absolute Gasteiger partial charge is 0.453 e. The number of urea groups is 1. The zero-order valence-corrected chi connectivity index (χ0v) is 13.8. The number of H-pyrrole nitrogens is 1. The van der Waals surface area contributed by atoms with Crippen LogP contribution >= 0.6 is 0 Å². The molecule has 0 saturated heterocycles. The SMILES string of the molecule is CNC(=O)NC(=O)[C@H](C)OC(=O)CCc1nc2ccccc2c(=O)[nH]1. The minimum Gasteiger partial charge on any atom is -0.453 e. The lowest BCUT2D eigenvalue weighted by Crippen LogP contribution is -2.43. The number of aryl methyl sites for hydroxylation is 1. The van der Waals surface area contributed by atoms with Crippen LogP contribution in [0.5, 0.6) is 0 Å². The molecule has 0 saturated carbocycles. The average molecular weight is 346 g/mol. The highest BCUT2D eigenvalue weighted by atomic mass is 16.5. The van der Waals surface area contributed by atoms with E-state index in [1.54, 1.807) is 24.3 Å². The lowest BCUT2D eigenvalue weighted by atomic mass is 10.2. The molecule has 0 unspecified atom stereocenters. The standard InChI is InChI=1S/C16H18N4O5/c1-9(14(22)20-16(24)17-2)25-13(21)8-7-12-18-11-6-4-3-5-10(11)15(23)19-12/h3-6,9H,7-8H2,1-2H3,(H,18,19,23)(H2,17,20,22,24)/t9-/m0/s1. The summed E-state index contributed by atoms with van der Waals surface area (Å²) in [5, 5.41) is 4.69. The molecule has 132 valence electrons. The van der Waals surface area contributed by atoms with E-state index in [2.05, 4.69) is 15.3 Å². The summed E-state index contributed by atoms with van der Waals surface area (Å²) in [4.78, 5) is 53.3. The van der Waals surface area contributed by atoms with E-state index < -0.39 is 24.0 Å². The van der Waals surface area contributed by atoms with Gasteiger partial charge >= 0.3 is 12.0 Å². The van der Waals surface area contributed by atoms with Crippen LogP contribution in [0.2, 0.25) is 0 Å². The number of carbonyl (C=O) groups is 3. The molecule has 0 aliphatic rings. The molecule has 1 aromatic carbocycles. The fourth-order valence-corrected chi connectivity index (χ4v) is 2.06. The van der Waals surface area contributed by atoms with Gasteiger partial charge in [-0.15, -0.1) is 0 Å². The van der Waals surface area contributed by atoms with Crippen LogP contribution in [0.25, 0.3) is 10.9 Å². The van der Waals surface area contributed by atoms with Crippen LogP contribution in [0.3, 0.4) is 0 Å². The van der Waals surface area contributed by atoms with Crippen molar-refractivity contribution in [2.75, 3.05) is 7.05 Å². The molecule has 0 spiro atoms. The fraction of sp³-hybridized carbons (Fsp3) is 0.312. The lowest BCUT2D eigenvalue weighted by molar-refractivity contribution is -0.154. The van der Waals surface area contributed by atoms with Crippen molar-refractivity contribution in [3.8, 4) is 0 Å². The second-order valence-electron chi connectivity index (χ2n) is 5.23. The fourth-order valence-electron chi connectivity index (χ4n) is 2.06. The molecule has 25 heavy (non-hydrogen) atoms. The maximum Gasteiger partial charge on any atom is 0.321 e. The Morgan fingerprint density at radius 3 is 2.72 bits per heavy atom. The van der Waals surface area contributed by atoms with Crippen molar-refractivity contribution in [3.63, 3.8) is 0 Å². The number of ether oxygens (including phenoxy) is 1. The summed E-state index contributed by atoms with van der Waals surface area (Å²) in [5.41, 5.74) is 0.250. The number of fused-ring (bicyclic) bond motifs is 1. The molecule has 1 heterocycles. The Morgan fingerprint density at radius 2 is 2.00 bits per heavy atom. The molecule has 2 aromatic rings. The van der Waals surface area contributed by atoms with Crippen molar-refractivity contribution >= 4 is 28.8 Å². The van der Waals surface area contributed by atoms with Crippen molar-refractivity contribution in [1.82, 2.24) is 20.6 Å². The van der Waals surface area contributed by atoms with Crippen LogP contribution < -0.4 is 16.2 Å². The van der Waals surface area contributed by atoms with Crippen molar-refractivity contribution in [1.29, 1.82) is 0 Å². The number of hydrogen-bond acceptors (Lipinski definition) is 6. The van der Waals surface area contributed by atoms with Crippen LogP contribution in [0.1, 0.15) is 19.2 Å². The van der Waals surface area contributed by atoms with Gasteiger partial charge in [-0.25, -0.2) is 9.78 Å². The molecule has 0 aliphatic heterocycles. The molecule has 3 N–H and O–H groups in total. The average Bonchev–Trinajstić information content (AvgIpc) is 2.59. The summed E-state index contributed by atoms with van der Waals surface area (Å²) in [6.45, 7) is 1.35. The van der Waals surface area contributed by atoms with E-state index in [1.807, 2.05) is 5.32 Å². The Kier molecular flexibility index (Phi) is 5.83. The normalized spacial score (nSPS) is 11.6. The van der Waals surface area contributed by atoms with Gasteiger partial charge in [0.25, 0.3) is 11.5 Å². The number of aromatic amines is 1. The molecule has 3 amide bonds. The van der Waals surface area contributed by atoms with E-state index in [1.165, 1.54) is 14.0 Å². The first-order chi connectivity index (χ1) is 11.9. The third kappa shape index (κ3) is 4.87. The molecule has 0 fully saturated rings. The molecule has 0 aliphatic carbocycles. The van der Waals surface area contributed by atoms with E-state index in [-0.39, 0.29) is 18.4 Å². The number of carbonyl (C=O) groups excluding carboxylic acids is 3. The number of esters is 1. The Labute approximate surface area is 142 Å². The van der Waals surface area contributed by atoms with Gasteiger partial charge in [-0.3, -0.25) is 19.7 Å². The minimum atomic E-state index is -1.12. The number of amides is 3. The third-order valence-electron chi connectivity index (χ3n) is 3.37. The van der Waals surface area contributed by atoms with Gasteiger partial charge in [-0.2, -0.15) is 0 Å². The van der Waals surface area contributed by atoms with Crippen LogP contribution in [0.4, 0.5) is 4.79 Å². The van der Waals surface area contributed by atoms with E-state index in [4.69, 9.17) is 4.74 Å². The van der Waals surface area contributed by atoms with E-state index in [0.29, 0.717) is 16.7 Å². The highest BCUT2D eigenvalue weighted by Gasteiger charge is 2.19. The number of rotatable bonds is 5. The lowest BCUT2D eigenvalue weighted by Gasteiger charge is -2.12. The van der Waals surface area contributed by atoms with E-state index in [9.17, 15) is 19.2 Å². The number of nitrogens with one attached hydrogen (secondary N) is 3. The second-order valence-corrected chi connectivity index (χ2v) is 5.23. The van der Waals surface area contributed by atoms with Gasteiger partial charge in [0.15, 0.2) is 6.10 Å². The predicted molar refractivity (Wildman–Crippen MR) is 88.8 cm³/mol. The summed E-state index contributed by atoms with van der Waals surface area (Å²) < 4.78 is 4.95. The Morgan fingerprint density at radius 1 is 1.28 bits per heavy atom. The maximum absolute atomic E-state index is 11.9. The predicted octanol–water partition coefficient (Wildman–Crippen LogP) is 0.243. The molecule has 0 bridgehead atoms. The van der Waals surface area contributed by atoms with Gasteiger partial charge in [-0.1, -0.05) is 12.1 Å². The van der Waals surface area contributed by atoms with Crippen molar-refractivity contribution in [2.45, 2.75) is 25.9 Å². The van der Waals surface area contributed by atoms with Crippen LogP contribution in [-0.2, 0) is 20.7 Å². The molecule has 9 heteroatoms. The first-order valence-corrected chi connectivity index (χ1v) is 7.60. The Hall–Kier alpha value is -3.23. The monoisotopic (exact) mass is 346 g/mol. The molecule has 1 aromatic heterocycles. The van der Waals surface area contributed by atoms with Crippen molar-refractivity contribution < 1.29 is 19.1 Å². The van der Waals surface area contributed by atoms with Gasteiger partial charge in [-0.05, 0) is 19.1 Å².